The van der Waals surface area contributed by atoms with E-state index < -0.39 is 0 Å². The minimum absolute atomic E-state index is 0.0141. The lowest BCUT2D eigenvalue weighted by Crippen LogP contribution is -2.02. The van der Waals surface area contributed by atoms with Crippen LogP contribution in [0, 0.1) is 15.4 Å². The molecule has 4 heteroatoms. The molecule has 0 aliphatic heterocycles. The molecule has 21 heavy (non-hydrogen) atoms. The van der Waals surface area contributed by atoms with Crippen molar-refractivity contribution in [3.8, 4) is 17.6 Å². The molecule has 0 unspecified atom stereocenters. The van der Waals surface area contributed by atoms with Gasteiger partial charge >= 0.3 is 0 Å². The van der Waals surface area contributed by atoms with Crippen molar-refractivity contribution in [3.05, 3.63) is 57.2 Å². The average Bonchev–Trinajstić information content (AvgIpc) is 2.52. The van der Waals surface area contributed by atoms with E-state index in [1.165, 1.54) is 0 Å². The van der Waals surface area contributed by atoms with Crippen LogP contribution in [0.5, 0.6) is 5.75 Å². The molecular weight excluding hydrogens is 377 g/mol. The van der Waals surface area contributed by atoms with Gasteiger partial charge in [0, 0.05) is 23.9 Å². The van der Waals surface area contributed by atoms with Gasteiger partial charge in [0.05, 0.1) is 10.2 Å². The molecule has 0 aliphatic carbocycles. The van der Waals surface area contributed by atoms with Gasteiger partial charge in [0.15, 0.2) is 0 Å². The normalized spacial score (nSPS) is 9.67. The molecule has 0 amide bonds. The van der Waals surface area contributed by atoms with Gasteiger partial charge in [-0.05, 0) is 65.1 Å². The molecule has 0 aromatic heterocycles. The van der Waals surface area contributed by atoms with Crippen LogP contribution in [-0.2, 0) is 0 Å². The number of anilines is 1. The predicted octanol–water partition coefficient (Wildman–Crippen LogP) is 3.10. The van der Waals surface area contributed by atoms with Crippen LogP contribution in [0.25, 0.3) is 0 Å². The first-order valence-electron chi connectivity index (χ1n) is 6.56. The van der Waals surface area contributed by atoms with E-state index in [0.717, 1.165) is 26.1 Å². The second kappa shape index (κ2) is 7.91. The first kappa shape index (κ1) is 15.7. The maximum absolute atomic E-state index is 8.77. The topological polar surface area (TPSA) is 41.5 Å². The molecule has 3 nitrogen and oxygen atoms in total. The summed E-state index contributed by atoms with van der Waals surface area (Å²) in [6, 6.07) is 13.8. The predicted molar refractivity (Wildman–Crippen MR) is 93.7 cm³/mol. The third kappa shape index (κ3) is 4.66. The fourth-order valence-electron chi connectivity index (χ4n) is 1.72. The Hall–Kier alpha value is -1.71. The van der Waals surface area contributed by atoms with Crippen molar-refractivity contribution in [2.75, 3.05) is 25.6 Å². The van der Waals surface area contributed by atoms with E-state index in [9.17, 15) is 0 Å². The Morgan fingerprint density at radius 3 is 2.38 bits per heavy atom. The van der Waals surface area contributed by atoms with Crippen LogP contribution in [-0.4, -0.2) is 25.4 Å². The summed E-state index contributed by atoms with van der Waals surface area (Å²) in [5.74, 6) is 7.05. The van der Waals surface area contributed by atoms with E-state index in [1.54, 1.807) is 0 Å². The first-order valence-corrected chi connectivity index (χ1v) is 7.64. The molecule has 0 saturated carbocycles. The fourth-order valence-corrected chi connectivity index (χ4v) is 2.39. The molecule has 0 spiro atoms. The largest absolute Gasteiger partial charge is 0.490 e. The Morgan fingerprint density at radius 2 is 1.76 bits per heavy atom. The van der Waals surface area contributed by atoms with Crippen LogP contribution in [0.15, 0.2) is 42.5 Å². The second-order valence-corrected chi connectivity index (χ2v) is 5.46. The zero-order valence-electron chi connectivity index (χ0n) is 11.7. The van der Waals surface area contributed by atoms with Crippen LogP contribution in [0.3, 0.4) is 0 Å². The zero-order valence-corrected chi connectivity index (χ0v) is 13.8. The van der Waals surface area contributed by atoms with E-state index in [4.69, 9.17) is 9.84 Å². The van der Waals surface area contributed by atoms with E-state index in [0.29, 0.717) is 6.61 Å². The van der Waals surface area contributed by atoms with Gasteiger partial charge < -0.3 is 15.2 Å². The number of benzene rings is 2. The third-order valence-corrected chi connectivity index (χ3v) is 3.65. The molecule has 108 valence electrons. The van der Waals surface area contributed by atoms with Crippen LogP contribution in [0.4, 0.5) is 5.69 Å². The molecular formula is C17H16INO2. The van der Waals surface area contributed by atoms with Gasteiger partial charge in [-0.25, -0.2) is 0 Å². The first-order chi connectivity index (χ1) is 10.2. The lowest BCUT2D eigenvalue weighted by atomic mass is 10.1. The highest BCUT2D eigenvalue weighted by molar-refractivity contribution is 14.1. The van der Waals surface area contributed by atoms with Crippen molar-refractivity contribution >= 4 is 28.3 Å². The number of hydrogen-bond acceptors (Lipinski definition) is 3. The summed E-state index contributed by atoms with van der Waals surface area (Å²) in [4.78, 5) is 0. The van der Waals surface area contributed by atoms with Crippen molar-refractivity contribution in [2.45, 2.75) is 0 Å². The third-order valence-electron chi connectivity index (χ3n) is 2.81. The quantitative estimate of drug-likeness (QED) is 0.620. The fraction of sp³-hybridized carbons (Fsp3) is 0.176. The van der Waals surface area contributed by atoms with Gasteiger partial charge in [-0.1, -0.05) is 11.8 Å². The molecule has 2 N–H and O–H groups in total. The summed E-state index contributed by atoms with van der Waals surface area (Å²) in [6.45, 7) is 0.319. The Morgan fingerprint density at radius 1 is 1.10 bits per heavy atom. The molecule has 0 bridgehead atoms. The summed E-state index contributed by atoms with van der Waals surface area (Å²) in [7, 11) is 1.89. The number of halogens is 1. The van der Waals surface area contributed by atoms with Gasteiger partial charge in [-0.2, -0.15) is 0 Å². The van der Waals surface area contributed by atoms with Crippen LogP contribution in [0.2, 0.25) is 0 Å². The summed E-state index contributed by atoms with van der Waals surface area (Å²) in [5.41, 5.74) is 2.98. The van der Waals surface area contributed by atoms with Gasteiger partial charge in [0.1, 0.15) is 12.4 Å². The van der Waals surface area contributed by atoms with Crippen LogP contribution < -0.4 is 10.1 Å². The smallest absolute Gasteiger partial charge is 0.132 e. The number of hydrogen-bond donors (Lipinski definition) is 2. The summed E-state index contributed by atoms with van der Waals surface area (Å²) in [6.07, 6.45) is 0. The zero-order chi connectivity index (χ0) is 15.1. The Labute approximate surface area is 138 Å². The van der Waals surface area contributed by atoms with Crippen molar-refractivity contribution in [1.29, 1.82) is 0 Å². The lowest BCUT2D eigenvalue weighted by Gasteiger charge is -2.06. The lowest BCUT2D eigenvalue weighted by molar-refractivity contribution is 0.200. The summed E-state index contributed by atoms with van der Waals surface area (Å²) >= 11 is 2.21. The highest BCUT2D eigenvalue weighted by Crippen LogP contribution is 2.21. The standard InChI is InChI=1S/C17H16INO2/c1-19-15-7-4-13(5-8-15)2-3-14-6-9-17(16(18)12-14)21-11-10-20/h4-9,12,19-20H,10-11H2,1H3. The van der Waals surface area contributed by atoms with E-state index in [-0.39, 0.29) is 6.61 Å². The highest BCUT2D eigenvalue weighted by Gasteiger charge is 2.01. The Balaban J connectivity index is 2.12. The minimum Gasteiger partial charge on any atom is -0.490 e. The van der Waals surface area contributed by atoms with Gasteiger partial charge in [0.2, 0.25) is 0 Å². The number of rotatable bonds is 4. The molecule has 0 aliphatic rings. The SMILES string of the molecule is CNc1ccc(C#Cc2ccc(OCCO)c(I)c2)cc1. The average molecular weight is 393 g/mol. The van der Waals surface area contributed by atoms with Crippen LogP contribution >= 0.6 is 22.6 Å². The van der Waals surface area contributed by atoms with Crippen molar-refractivity contribution in [1.82, 2.24) is 0 Å². The second-order valence-electron chi connectivity index (χ2n) is 4.29. The molecule has 0 saturated heterocycles. The number of aliphatic hydroxyl groups excluding tert-OH is 1. The molecule has 0 heterocycles. The Kier molecular flexibility index (Phi) is 5.90. The molecule has 0 atom stereocenters. The van der Waals surface area contributed by atoms with Gasteiger partial charge in [0.25, 0.3) is 0 Å². The minimum atomic E-state index is 0.0141. The summed E-state index contributed by atoms with van der Waals surface area (Å²) < 4.78 is 6.40. The van der Waals surface area contributed by atoms with Crippen LogP contribution in [0.1, 0.15) is 11.1 Å². The number of nitrogens with one attached hydrogen (secondary N) is 1. The van der Waals surface area contributed by atoms with Gasteiger partial charge in [-0.15, -0.1) is 0 Å². The summed E-state index contributed by atoms with van der Waals surface area (Å²) in [5, 5.41) is 11.8. The van der Waals surface area contributed by atoms with E-state index in [2.05, 4.69) is 39.7 Å². The maximum atomic E-state index is 8.77. The molecule has 2 aromatic carbocycles. The maximum Gasteiger partial charge on any atom is 0.132 e. The van der Waals surface area contributed by atoms with Crippen molar-refractivity contribution < 1.29 is 9.84 Å². The molecule has 2 rings (SSSR count). The van der Waals surface area contributed by atoms with E-state index >= 15 is 0 Å². The van der Waals surface area contributed by atoms with Crippen molar-refractivity contribution in [3.63, 3.8) is 0 Å². The van der Waals surface area contributed by atoms with Gasteiger partial charge in [-0.3, -0.25) is 0 Å². The highest BCUT2D eigenvalue weighted by atomic mass is 127. The molecule has 2 aromatic rings. The Bertz CT molecular complexity index is 657. The number of aliphatic hydroxyl groups is 1. The van der Waals surface area contributed by atoms with E-state index in [1.807, 2.05) is 49.5 Å². The monoisotopic (exact) mass is 393 g/mol. The molecule has 0 radical (unpaired) electrons. The molecule has 0 fully saturated rings. The van der Waals surface area contributed by atoms with Crippen molar-refractivity contribution in [2.24, 2.45) is 0 Å². The number of ether oxygens (including phenoxy) is 1.